The first-order chi connectivity index (χ1) is 10.7. The van der Waals surface area contributed by atoms with Crippen LogP contribution in [0.5, 0.6) is 0 Å². The topological polar surface area (TPSA) is 46.4 Å². The molecule has 116 valence electrons. The zero-order valence-corrected chi connectivity index (χ0v) is 12.9. The fraction of sp³-hybridized carbons (Fsp3) is 0.333. The smallest absolute Gasteiger partial charge is 0.170 e. The second kappa shape index (κ2) is 8.17. The van der Waals surface area contributed by atoms with Crippen LogP contribution in [0.25, 0.3) is 0 Å². The minimum atomic E-state index is -0.347. The van der Waals surface area contributed by atoms with Crippen LogP contribution in [-0.2, 0) is 6.42 Å². The molecule has 0 unspecified atom stereocenters. The van der Waals surface area contributed by atoms with Crippen LogP contribution in [0.15, 0.2) is 54.6 Å². The van der Waals surface area contributed by atoms with Crippen LogP contribution in [0.3, 0.4) is 0 Å². The van der Waals surface area contributed by atoms with E-state index in [9.17, 15) is 10.1 Å². The standard InChI is InChI=1S/C18H22N2O2/c1-2-3-4-6-11-16-12-9-10-15-18(16)19(20(21)22)17-13-7-5-8-14-17/h5,7-10,12-15H,2-4,6,11H2,1H3. The number of nitro groups is 1. The van der Waals surface area contributed by atoms with Crippen molar-refractivity contribution in [2.24, 2.45) is 0 Å². The van der Waals surface area contributed by atoms with E-state index in [0.29, 0.717) is 11.4 Å². The Bertz CT molecular complexity index is 599. The molecule has 0 atom stereocenters. The summed E-state index contributed by atoms with van der Waals surface area (Å²) in [6, 6.07) is 16.6. The number of nitrogens with zero attached hydrogens (tertiary/aromatic N) is 2. The molecule has 0 aliphatic rings. The lowest BCUT2D eigenvalue weighted by atomic mass is 10.0. The van der Waals surface area contributed by atoms with Crippen LogP contribution in [-0.4, -0.2) is 5.03 Å². The Balaban J connectivity index is 2.26. The lowest BCUT2D eigenvalue weighted by Gasteiger charge is -2.17. The number of para-hydroxylation sites is 2. The third-order valence-corrected chi connectivity index (χ3v) is 3.68. The maximum absolute atomic E-state index is 11.6. The van der Waals surface area contributed by atoms with Gasteiger partial charge in [-0.15, -0.1) is 0 Å². The largest absolute Gasteiger partial charge is 0.234 e. The summed E-state index contributed by atoms with van der Waals surface area (Å²) in [5.74, 6) is 0. The zero-order chi connectivity index (χ0) is 15.8. The number of hydrazine groups is 1. The van der Waals surface area contributed by atoms with Gasteiger partial charge in [-0.1, -0.05) is 67.6 Å². The van der Waals surface area contributed by atoms with E-state index >= 15 is 0 Å². The highest BCUT2D eigenvalue weighted by molar-refractivity contribution is 5.63. The Morgan fingerprint density at radius 1 is 0.955 bits per heavy atom. The van der Waals surface area contributed by atoms with Gasteiger partial charge >= 0.3 is 0 Å². The van der Waals surface area contributed by atoms with Crippen LogP contribution in [0.2, 0.25) is 0 Å². The van der Waals surface area contributed by atoms with Gasteiger partial charge in [-0.2, -0.15) is 0 Å². The lowest BCUT2D eigenvalue weighted by molar-refractivity contribution is -0.483. The second-order valence-corrected chi connectivity index (χ2v) is 5.32. The normalized spacial score (nSPS) is 10.4. The number of hydrogen-bond acceptors (Lipinski definition) is 2. The summed E-state index contributed by atoms with van der Waals surface area (Å²) in [5, 5.41) is 12.4. The van der Waals surface area contributed by atoms with Crippen LogP contribution in [0.4, 0.5) is 11.4 Å². The zero-order valence-electron chi connectivity index (χ0n) is 12.9. The van der Waals surface area contributed by atoms with Gasteiger partial charge in [-0.25, -0.2) is 10.1 Å². The molecule has 2 rings (SSSR count). The number of rotatable bonds is 8. The average Bonchev–Trinajstić information content (AvgIpc) is 2.54. The monoisotopic (exact) mass is 298 g/mol. The number of hydrogen-bond donors (Lipinski definition) is 0. The van der Waals surface area contributed by atoms with Crippen molar-refractivity contribution in [2.75, 3.05) is 5.01 Å². The number of benzene rings is 2. The van der Waals surface area contributed by atoms with Crippen molar-refractivity contribution in [1.82, 2.24) is 0 Å². The number of anilines is 2. The summed E-state index contributed by atoms with van der Waals surface area (Å²) >= 11 is 0. The minimum Gasteiger partial charge on any atom is -0.234 e. The molecule has 0 fully saturated rings. The van der Waals surface area contributed by atoms with Gasteiger partial charge in [0.15, 0.2) is 5.03 Å². The molecule has 0 bridgehead atoms. The van der Waals surface area contributed by atoms with Gasteiger partial charge in [0.2, 0.25) is 0 Å². The lowest BCUT2D eigenvalue weighted by Crippen LogP contribution is -2.25. The van der Waals surface area contributed by atoms with Crippen molar-refractivity contribution < 1.29 is 5.03 Å². The first kappa shape index (κ1) is 16.0. The van der Waals surface area contributed by atoms with Gasteiger partial charge in [0, 0.05) is 0 Å². The van der Waals surface area contributed by atoms with Crippen molar-refractivity contribution in [2.45, 2.75) is 39.0 Å². The first-order valence-corrected chi connectivity index (χ1v) is 7.81. The molecule has 22 heavy (non-hydrogen) atoms. The molecule has 0 radical (unpaired) electrons. The third-order valence-electron chi connectivity index (χ3n) is 3.68. The molecule has 2 aromatic rings. The Labute approximate surface area is 131 Å². The van der Waals surface area contributed by atoms with Crippen LogP contribution >= 0.6 is 0 Å². The maximum Gasteiger partial charge on any atom is 0.170 e. The summed E-state index contributed by atoms with van der Waals surface area (Å²) in [7, 11) is 0. The van der Waals surface area contributed by atoms with E-state index < -0.39 is 0 Å². The van der Waals surface area contributed by atoms with Crippen LogP contribution in [0, 0.1) is 10.1 Å². The molecule has 0 aliphatic heterocycles. The van der Waals surface area contributed by atoms with E-state index in [2.05, 4.69) is 6.92 Å². The highest BCUT2D eigenvalue weighted by Gasteiger charge is 2.22. The minimum absolute atomic E-state index is 0.347. The molecule has 4 nitrogen and oxygen atoms in total. The van der Waals surface area contributed by atoms with E-state index in [1.54, 1.807) is 12.1 Å². The highest BCUT2D eigenvalue weighted by atomic mass is 16.7. The summed E-state index contributed by atoms with van der Waals surface area (Å²) < 4.78 is 0. The van der Waals surface area contributed by atoms with E-state index in [-0.39, 0.29) is 5.03 Å². The molecule has 2 aromatic carbocycles. The molecule has 0 saturated heterocycles. The van der Waals surface area contributed by atoms with Crippen molar-refractivity contribution in [1.29, 1.82) is 0 Å². The molecule has 0 aliphatic carbocycles. The van der Waals surface area contributed by atoms with Gasteiger partial charge in [-0.3, -0.25) is 0 Å². The first-order valence-electron chi connectivity index (χ1n) is 7.81. The Morgan fingerprint density at radius 3 is 2.32 bits per heavy atom. The fourth-order valence-corrected chi connectivity index (χ4v) is 2.56. The second-order valence-electron chi connectivity index (χ2n) is 5.32. The van der Waals surface area contributed by atoms with Crippen molar-refractivity contribution >= 4 is 11.4 Å². The molecule has 0 aromatic heterocycles. The van der Waals surface area contributed by atoms with Gasteiger partial charge < -0.3 is 0 Å². The Hall–Kier alpha value is -2.36. The number of unbranched alkanes of at least 4 members (excludes halogenated alkanes) is 3. The predicted octanol–water partition coefficient (Wildman–Crippen LogP) is 5.14. The molecular weight excluding hydrogens is 276 g/mol. The number of aryl methyl sites for hydroxylation is 1. The molecule has 4 heteroatoms. The summed E-state index contributed by atoms with van der Waals surface area (Å²) in [5.41, 5.74) is 2.27. The molecule has 0 heterocycles. The van der Waals surface area contributed by atoms with Crippen molar-refractivity contribution in [3.05, 3.63) is 70.3 Å². The molecular formula is C18H22N2O2. The molecule has 0 spiro atoms. The van der Waals surface area contributed by atoms with E-state index in [1.807, 2.05) is 42.5 Å². The fourth-order valence-electron chi connectivity index (χ4n) is 2.56. The SMILES string of the molecule is CCCCCCc1ccccc1N(c1ccccc1)[N+](=O)[O-]. The van der Waals surface area contributed by atoms with Crippen LogP contribution < -0.4 is 5.01 Å². The van der Waals surface area contributed by atoms with Gasteiger partial charge in [0.1, 0.15) is 11.4 Å². The van der Waals surface area contributed by atoms with Gasteiger partial charge in [-0.05, 0) is 36.6 Å². The Morgan fingerprint density at radius 2 is 1.64 bits per heavy atom. The van der Waals surface area contributed by atoms with E-state index in [0.717, 1.165) is 24.8 Å². The maximum atomic E-state index is 11.6. The van der Waals surface area contributed by atoms with Gasteiger partial charge in [0.25, 0.3) is 0 Å². The van der Waals surface area contributed by atoms with Gasteiger partial charge in [0.05, 0.1) is 0 Å². The molecule has 0 N–H and O–H groups in total. The van der Waals surface area contributed by atoms with Crippen LogP contribution in [0.1, 0.15) is 38.2 Å². The quantitative estimate of drug-likeness (QED) is 0.385. The average molecular weight is 298 g/mol. The summed E-state index contributed by atoms with van der Waals surface area (Å²) in [4.78, 5) is 11.6. The molecule has 0 saturated carbocycles. The van der Waals surface area contributed by atoms with Crippen molar-refractivity contribution in [3.63, 3.8) is 0 Å². The van der Waals surface area contributed by atoms with E-state index in [1.165, 1.54) is 17.9 Å². The van der Waals surface area contributed by atoms with E-state index in [4.69, 9.17) is 0 Å². The summed E-state index contributed by atoms with van der Waals surface area (Å²) in [6.45, 7) is 2.18. The third kappa shape index (κ3) is 4.07. The highest BCUT2D eigenvalue weighted by Crippen LogP contribution is 2.29. The summed E-state index contributed by atoms with van der Waals surface area (Å²) in [6.07, 6.45) is 5.49. The predicted molar refractivity (Wildman–Crippen MR) is 89.9 cm³/mol. The molecule has 0 amide bonds. The Kier molecular flexibility index (Phi) is 5.95. The van der Waals surface area contributed by atoms with Crippen molar-refractivity contribution in [3.8, 4) is 0 Å².